The van der Waals surface area contributed by atoms with Gasteiger partial charge in [-0.3, -0.25) is 9.59 Å². The van der Waals surface area contributed by atoms with Crippen LogP contribution in [0.4, 0.5) is 0 Å². The molecule has 2 aromatic rings. The van der Waals surface area contributed by atoms with Crippen molar-refractivity contribution in [3.05, 3.63) is 65.2 Å². The van der Waals surface area contributed by atoms with Crippen LogP contribution in [0.3, 0.4) is 0 Å². The van der Waals surface area contributed by atoms with Crippen LogP contribution < -0.4 is 4.74 Å². The highest BCUT2D eigenvalue weighted by Crippen LogP contribution is 2.25. The maximum absolute atomic E-state index is 13.0. The highest BCUT2D eigenvalue weighted by atomic mass is 16.5. The molecule has 0 fully saturated rings. The molecule has 25 heavy (non-hydrogen) atoms. The van der Waals surface area contributed by atoms with E-state index in [9.17, 15) is 9.59 Å². The van der Waals surface area contributed by atoms with Crippen LogP contribution in [0.25, 0.3) is 0 Å². The lowest BCUT2D eigenvalue weighted by atomic mass is 9.98. The molecule has 0 radical (unpaired) electrons. The van der Waals surface area contributed by atoms with Crippen molar-refractivity contribution in [3.8, 4) is 5.75 Å². The number of fused-ring (bicyclic) bond motifs is 1. The number of carbonyl (C=O) groups excluding carboxylic acids is 2. The molecule has 0 amide bonds. The van der Waals surface area contributed by atoms with Gasteiger partial charge in [-0.25, -0.2) is 0 Å². The predicted octanol–water partition coefficient (Wildman–Crippen LogP) is 3.76. The van der Waals surface area contributed by atoms with Crippen molar-refractivity contribution in [3.63, 3.8) is 0 Å². The van der Waals surface area contributed by atoms with E-state index in [1.54, 1.807) is 12.1 Å². The Hall–Kier alpha value is -2.62. The average molecular weight is 338 g/mol. The third kappa shape index (κ3) is 4.27. The Bertz CT molecular complexity index is 752. The number of ether oxygens (including phenoxy) is 2. The molecule has 0 spiro atoms. The molecular weight excluding hydrogens is 316 g/mol. The molecule has 130 valence electrons. The SMILES string of the molecule is COC(=O)CCC(Oc1ccccc1)C(=O)c1ccc2c(c1)CCC2. The minimum atomic E-state index is -0.707. The van der Waals surface area contributed by atoms with Crippen molar-refractivity contribution in [1.82, 2.24) is 0 Å². The van der Waals surface area contributed by atoms with Crippen LogP contribution in [-0.2, 0) is 22.4 Å². The van der Waals surface area contributed by atoms with Crippen LogP contribution >= 0.6 is 0 Å². The molecule has 0 aromatic heterocycles. The van der Waals surface area contributed by atoms with Gasteiger partial charge >= 0.3 is 5.97 Å². The van der Waals surface area contributed by atoms with Crippen LogP contribution in [0.2, 0.25) is 0 Å². The molecule has 2 aromatic carbocycles. The Morgan fingerprint density at radius 1 is 1.04 bits per heavy atom. The third-order valence-electron chi connectivity index (χ3n) is 4.54. The highest BCUT2D eigenvalue weighted by Gasteiger charge is 2.24. The molecule has 3 rings (SSSR count). The number of para-hydroxylation sites is 1. The molecule has 0 N–H and O–H groups in total. The zero-order chi connectivity index (χ0) is 17.6. The number of ketones is 1. The molecule has 0 saturated carbocycles. The van der Waals surface area contributed by atoms with Gasteiger partial charge in [0.15, 0.2) is 6.10 Å². The highest BCUT2D eigenvalue weighted by molar-refractivity contribution is 6.00. The number of hydrogen-bond acceptors (Lipinski definition) is 4. The number of Topliss-reactive ketones (excluding diaryl/α,β-unsaturated/α-hetero) is 1. The van der Waals surface area contributed by atoms with Gasteiger partial charge in [0.25, 0.3) is 0 Å². The summed E-state index contributed by atoms with van der Waals surface area (Å²) >= 11 is 0. The first kappa shape index (κ1) is 17.2. The van der Waals surface area contributed by atoms with E-state index < -0.39 is 6.10 Å². The van der Waals surface area contributed by atoms with Crippen molar-refractivity contribution in [2.24, 2.45) is 0 Å². The van der Waals surface area contributed by atoms with E-state index in [0.29, 0.717) is 11.3 Å². The minimum absolute atomic E-state index is 0.0949. The molecule has 0 saturated heterocycles. The van der Waals surface area contributed by atoms with Crippen molar-refractivity contribution in [2.45, 2.75) is 38.2 Å². The van der Waals surface area contributed by atoms with E-state index in [1.807, 2.05) is 36.4 Å². The Morgan fingerprint density at radius 2 is 1.80 bits per heavy atom. The quantitative estimate of drug-likeness (QED) is 0.570. The lowest BCUT2D eigenvalue weighted by molar-refractivity contribution is -0.141. The van der Waals surface area contributed by atoms with Gasteiger partial charge < -0.3 is 9.47 Å². The Morgan fingerprint density at radius 3 is 2.56 bits per heavy atom. The van der Waals surface area contributed by atoms with E-state index in [0.717, 1.165) is 19.3 Å². The van der Waals surface area contributed by atoms with Gasteiger partial charge in [0.05, 0.1) is 7.11 Å². The largest absolute Gasteiger partial charge is 0.482 e. The monoisotopic (exact) mass is 338 g/mol. The first-order valence-corrected chi connectivity index (χ1v) is 8.62. The first-order valence-electron chi connectivity index (χ1n) is 8.62. The van der Waals surface area contributed by atoms with Crippen molar-refractivity contribution in [1.29, 1.82) is 0 Å². The lowest BCUT2D eigenvalue weighted by Crippen LogP contribution is -2.28. The van der Waals surface area contributed by atoms with Crippen LogP contribution in [-0.4, -0.2) is 25.0 Å². The van der Waals surface area contributed by atoms with Crippen LogP contribution in [0.5, 0.6) is 5.75 Å². The maximum Gasteiger partial charge on any atom is 0.305 e. The molecule has 0 aliphatic heterocycles. The summed E-state index contributed by atoms with van der Waals surface area (Å²) in [4.78, 5) is 24.5. The molecule has 1 aliphatic carbocycles. The number of carbonyl (C=O) groups is 2. The van der Waals surface area contributed by atoms with Gasteiger partial charge in [0.2, 0.25) is 5.78 Å². The second-order valence-electron chi connectivity index (χ2n) is 6.24. The minimum Gasteiger partial charge on any atom is -0.482 e. The van der Waals surface area contributed by atoms with Crippen molar-refractivity contribution >= 4 is 11.8 Å². The molecule has 1 aliphatic rings. The van der Waals surface area contributed by atoms with Crippen molar-refractivity contribution in [2.75, 3.05) is 7.11 Å². The Balaban J connectivity index is 1.79. The van der Waals surface area contributed by atoms with Crippen molar-refractivity contribution < 1.29 is 19.1 Å². The molecule has 4 heteroatoms. The van der Waals surface area contributed by atoms with Gasteiger partial charge in [-0.15, -0.1) is 0 Å². The Labute approximate surface area is 147 Å². The van der Waals surface area contributed by atoms with E-state index in [2.05, 4.69) is 0 Å². The fraction of sp³-hybridized carbons (Fsp3) is 0.333. The zero-order valence-corrected chi connectivity index (χ0v) is 14.4. The third-order valence-corrected chi connectivity index (χ3v) is 4.54. The van der Waals surface area contributed by atoms with E-state index in [-0.39, 0.29) is 24.6 Å². The average Bonchev–Trinajstić information content (AvgIpc) is 3.12. The molecular formula is C21H22O4. The fourth-order valence-corrected chi connectivity index (χ4v) is 3.17. The van der Waals surface area contributed by atoms with Gasteiger partial charge in [-0.1, -0.05) is 30.3 Å². The summed E-state index contributed by atoms with van der Waals surface area (Å²) in [6.07, 6.45) is 2.96. The number of esters is 1. The number of benzene rings is 2. The topological polar surface area (TPSA) is 52.6 Å². The zero-order valence-electron chi connectivity index (χ0n) is 14.4. The number of aryl methyl sites for hydroxylation is 2. The second-order valence-corrected chi connectivity index (χ2v) is 6.24. The van der Waals surface area contributed by atoms with Gasteiger partial charge in [-0.2, -0.15) is 0 Å². The maximum atomic E-state index is 13.0. The summed E-state index contributed by atoms with van der Waals surface area (Å²) in [6.45, 7) is 0. The summed E-state index contributed by atoms with van der Waals surface area (Å²) in [7, 11) is 1.34. The Kier molecular flexibility index (Phi) is 5.49. The number of rotatable bonds is 7. The summed E-state index contributed by atoms with van der Waals surface area (Å²) in [5.74, 6) is 0.178. The number of hydrogen-bond donors (Lipinski definition) is 0. The molecule has 1 unspecified atom stereocenters. The molecule has 1 atom stereocenters. The van der Waals surface area contributed by atoms with Crippen LogP contribution in [0.1, 0.15) is 40.7 Å². The second kappa shape index (κ2) is 7.97. The lowest BCUT2D eigenvalue weighted by Gasteiger charge is -2.18. The normalized spacial score (nSPS) is 13.8. The number of methoxy groups -OCH3 is 1. The summed E-state index contributed by atoms with van der Waals surface area (Å²) in [5.41, 5.74) is 3.22. The summed E-state index contributed by atoms with van der Waals surface area (Å²) in [5, 5.41) is 0. The molecule has 0 bridgehead atoms. The van der Waals surface area contributed by atoms with Gasteiger partial charge in [0, 0.05) is 18.4 Å². The smallest absolute Gasteiger partial charge is 0.305 e. The van der Waals surface area contributed by atoms with E-state index >= 15 is 0 Å². The molecule has 0 heterocycles. The fourth-order valence-electron chi connectivity index (χ4n) is 3.17. The standard InChI is InChI=1S/C21H22O4/c1-24-20(22)13-12-19(25-18-8-3-2-4-9-18)21(23)17-11-10-15-6-5-7-16(15)14-17/h2-4,8-11,14,19H,5-7,12-13H2,1H3. The molecule has 4 nitrogen and oxygen atoms in total. The predicted molar refractivity (Wildman–Crippen MR) is 94.9 cm³/mol. The van der Waals surface area contributed by atoms with Crippen LogP contribution in [0, 0.1) is 0 Å². The summed E-state index contributed by atoms with van der Waals surface area (Å²) in [6, 6.07) is 15.1. The van der Waals surface area contributed by atoms with Gasteiger partial charge in [0.1, 0.15) is 5.75 Å². The van der Waals surface area contributed by atoms with Crippen LogP contribution in [0.15, 0.2) is 48.5 Å². The van der Waals surface area contributed by atoms with Gasteiger partial charge in [-0.05, 0) is 48.6 Å². The summed E-state index contributed by atoms with van der Waals surface area (Å²) < 4.78 is 10.6. The first-order chi connectivity index (χ1) is 12.2. The van der Waals surface area contributed by atoms with E-state index in [1.165, 1.54) is 18.2 Å². The van der Waals surface area contributed by atoms with E-state index in [4.69, 9.17) is 9.47 Å².